The van der Waals surface area contributed by atoms with E-state index >= 15 is 0 Å². The Labute approximate surface area is 296 Å². The molecule has 1 aliphatic rings. The van der Waals surface area contributed by atoms with Gasteiger partial charge in [-0.15, -0.1) is 0 Å². The summed E-state index contributed by atoms with van der Waals surface area (Å²) >= 11 is 0. The largest absolute Gasteiger partial charge is 0.372 e. The van der Waals surface area contributed by atoms with Crippen LogP contribution in [0.25, 0.3) is 0 Å². The molecule has 0 aromatic carbocycles. The fraction of sp³-hybridized carbons (Fsp3) is 0.690. The minimum Gasteiger partial charge on any atom is -0.372 e. The van der Waals surface area contributed by atoms with Gasteiger partial charge in [0.15, 0.2) is 0 Å². The normalized spacial score (nSPS) is 17.6. The lowest BCUT2D eigenvalue weighted by molar-refractivity contribution is -0.117. The molecule has 1 aromatic rings. The number of hydrogen-bond acceptors (Lipinski definition) is 5. The average Bonchev–Trinajstić information content (AvgIpc) is 3.08. The molecule has 1 aromatic heterocycles. The molecule has 1 saturated heterocycles. The molecule has 2 atom stereocenters. The van der Waals surface area contributed by atoms with Gasteiger partial charge in [-0.05, 0) is 108 Å². The van der Waals surface area contributed by atoms with E-state index in [1.165, 1.54) is 55.3 Å². The quantitative estimate of drug-likeness (QED) is 0.149. The summed E-state index contributed by atoms with van der Waals surface area (Å²) in [5, 5.41) is 3.39. The second kappa shape index (κ2) is 29.5. The van der Waals surface area contributed by atoms with Crippen molar-refractivity contribution < 1.29 is 13.9 Å². The number of carbonyl (C=O) groups excluding carboxylic acids is 1. The third-order valence-corrected chi connectivity index (χ3v) is 8.60. The third-order valence-electron chi connectivity index (χ3n) is 8.60. The number of morpholine rings is 1. The number of aryl methyl sites for hydroxylation is 2. The van der Waals surface area contributed by atoms with Crippen molar-refractivity contribution in [2.75, 3.05) is 19.7 Å². The molecule has 2 heterocycles. The number of pyridine rings is 1. The van der Waals surface area contributed by atoms with Crippen LogP contribution < -0.4 is 5.32 Å². The van der Waals surface area contributed by atoms with Crippen LogP contribution in [-0.4, -0.2) is 41.8 Å². The van der Waals surface area contributed by atoms with Crippen LogP contribution in [0.15, 0.2) is 52.6 Å². The van der Waals surface area contributed by atoms with E-state index in [0.29, 0.717) is 5.71 Å². The molecule has 276 valence electrons. The summed E-state index contributed by atoms with van der Waals surface area (Å²) in [7, 11) is 0. The molecule has 2 unspecified atom stereocenters. The predicted molar refractivity (Wildman–Crippen MR) is 209 cm³/mol. The van der Waals surface area contributed by atoms with Crippen LogP contribution in [0.4, 0.5) is 4.39 Å². The molecule has 48 heavy (non-hydrogen) atoms. The third kappa shape index (κ3) is 20.8. The van der Waals surface area contributed by atoms with Crippen molar-refractivity contribution in [3.05, 3.63) is 64.4 Å². The van der Waals surface area contributed by atoms with Crippen molar-refractivity contribution in [3.63, 3.8) is 0 Å². The fourth-order valence-electron chi connectivity index (χ4n) is 5.30. The Morgan fingerprint density at radius 3 is 2.12 bits per heavy atom. The number of nitrogens with one attached hydrogen (secondary N) is 1. The number of carbonyl (C=O) groups is 1. The Balaban J connectivity index is 0. The summed E-state index contributed by atoms with van der Waals surface area (Å²) in [4.78, 5) is 18.8. The second-order valence-electron chi connectivity index (χ2n) is 12.7. The number of allylic oxidation sites excluding steroid dienone is 6. The van der Waals surface area contributed by atoms with E-state index in [2.05, 4.69) is 62.9 Å². The van der Waals surface area contributed by atoms with Gasteiger partial charge in [0, 0.05) is 43.0 Å². The molecule has 0 saturated carbocycles. The van der Waals surface area contributed by atoms with E-state index in [-0.39, 0.29) is 23.1 Å². The number of nitrogens with zero attached hydrogens (tertiary/aromatic N) is 2. The van der Waals surface area contributed by atoms with Gasteiger partial charge >= 0.3 is 0 Å². The number of hydrogen-bond donors (Lipinski definition) is 1. The first-order valence-electron chi connectivity index (χ1n) is 18.9. The maximum absolute atomic E-state index is 14.3. The predicted octanol–water partition coefficient (Wildman–Crippen LogP) is 11.8. The van der Waals surface area contributed by atoms with E-state index in [1.807, 2.05) is 59.9 Å². The number of aliphatic imine (C=N–C) groups is 1. The molecular formula is C42H74FN3O2. The first-order valence-corrected chi connectivity index (χ1v) is 18.9. The molecule has 0 aliphatic carbocycles. The van der Waals surface area contributed by atoms with Crippen LogP contribution in [0.1, 0.15) is 158 Å². The molecule has 1 N–H and O–H groups in total. The van der Waals surface area contributed by atoms with Gasteiger partial charge in [0.05, 0.1) is 17.9 Å². The Bertz CT molecular complexity index is 1110. The van der Waals surface area contributed by atoms with E-state index in [9.17, 15) is 9.18 Å². The lowest BCUT2D eigenvalue weighted by Gasteiger charge is -2.36. The zero-order valence-corrected chi connectivity index (χ0v) is 33.5. The van der Waals surface area contributed by atoms with Gasteiger partial charge in [-0.1, -0.05) is 86.8 Å². The lowest BCUT2D eigenvalue weighted by atomic mass is 9.93. The Kier molecular flexibility index (Phi) is 29.3. The lowest BCUT2D eigenvalue weighted by Crippen LogP contribution is -2.49. The highest BCUT2D eigenvalue weighted by atomic mass is 19.1. The SMILES string of the molecule is CCCC(C)=O.CCCC1(CC)CNCCO1.CCCc1ccnc(C)c1CCC.C\C=C(/C=C(F)\C(=N/C(C)=C\C)C(C)CC)CC. The van der Waals surface area contributed by atoms with E-state index in [4.69, 9.17) is 4.74 Å². The highest BCUT2D eigenvalue weighted by Gasteiger charge is 2.29. The molecule has 0 bridgehead atoms. The topological polar surface area (TPSA) is 63.6 Å². The molecule has 1 fully saturated rings. The van der Waals surface area contributed by atoms with Gasteiger partial charge in [0.25, 0.3) is 0 Å². The van der Waals surface area contributed by atoms with Crippen LogP contribution in [0, 0.1) is 12.8 Å². The highest BCUT2D eigenvalue weighted by molar-refractivity contribution is 6.00. The minimum atomic E-state index is -0.208. The first-order chi connectivity index (χ1) is 22.9. The molecule has 5 nitrogen and oxygen atoms in total. The number of ketones is 1. The van der Waals surface area contributed by atoms with Crippen molar-refractivity contribution >= 4 is 11.5 Å². The first kappa shape index (κ1) is 47.7. The maximum Gasteiger partial charge on any atom is 0.145 e. The summed E-state index contributed by atoms with van der Waals surface area (Å²) in [5.41, 5.74) is 6.76. The zero-order valence-electron chi connectivity index (χ0n) is 33.5. The molecule has 2 rings (SSSR count). The number of aromatic nitrogens is 1. The molecule has 0 spiro atoms. The molecule has 0 amide bonds. The monoisotopic (exact) mass is 672 g/mol. The van der Waals surface area contributed by atoms with Crippen LogP contribution >= 0.6 is 0 Å². The van der Waals surface area contributed by atoms with Crippen LogP contribution in [0.5, 0.6) is 0 Å². The summed E-state index contributed by atoms with van der Waals surface area (Å²) in [6.07, 6.45) is 19.1. The van der Waals surface area contributed by atoms with Crippen LogP contribution in [-0.2, 0) is 22.4 Å². The van der Waals surface area contributed by atoms with Crippen LogP contribution in [0.2, 0.25) is 0 Å². The van der Waals surface area contributed by atoms with Crippen molar-refractivity contribution in [1.29, 1.82) is 0 Å². The van der Waals surface area contributed by atoms with E-state index in [0.717, 1.165) is 63.1 Å². The summed E-state index contributed by atoms with van der Waals surface area (Å²) in [6, 6.07) is 2.17. The molecule has 6 heteroatoms. The number of Topliss-reactive ketones (excluding diaryl/α,β-unsaturated/α-hetero) is 1. The average molecular weight is 672 g/mol. The Hall–Kier alpha value is -2.44. The zero-order chi connectivity index (χ0) is 37.0. The van der Waals surface area contributed by atoms with Gasteiger partial charge in [0.1, 0.15) is 11.6 Å². The van der Waals surface area contributed by atoms with Crippen LogP contribution in [0.3, 0.4) is 0 Å². The molecular weight excluding hydrogens is 597 g/mol. The van der Waals surface area contributed by atoms with Gasteiger partial charge in [0.2, 0.25) is 0 Å². The van der Waals surface area contributed by atoms with Gasteiger partial charge in [-0.25, -0.2) is 4.39 Å². The Morgan fingerprint density at radius 1 is 1.04 bits per heavy atom. The number of rotatable bonds is 15. The maximum atomic E-state index is 14.3. The van der Waals surface area contributed by atoms with Gasteiger partial charge in [-0.3, -0.25) is 9.98 Å². The molecule has 1 aliphatic heterocycles. The summed E-state index contributed by atoms with van der Waals surface area (Å²) in [5.74, 6) is 0.212. The summed E-state index contributed by atoms with van der Waals surface area (Å²) < 4.78 is 20.1. The Morgan fingerprint density at radius 2 is 1.71 bits per heavy atom. The van der Waals surface area contributed by atoms with Gasteiger partial charge < -0.3 is 14.8 Å². The van der Waals surface area contributed by atoms with Crippen molar-refractivity contribution in [3.8, 4) is 0 Å². The molecule has 0 radical (unpaired) electrons. The second-order valence-corrected chi connectivity index (χ2v) is 12.7. The fourth-order valence-corrected chi connectivity index (χ4v) is 5.30. The van der Waals surface area contributed by atoms with E-state index in [1.54, 1.807) is 13.0 Å². The standard InChI is InChI=1S/C16H26FN.C12H19N.C9H19NO.C5H10O/c1-7-12(5)16(18-13(6)8-2)15(17)11-14(9-3)10-4;1-4-6-11-8-9-13-10(3)12(11)7-5-2;1-3-5-9(4-2)8-10-6-7-11-9;1-3-4-5(2)6/h8-9,11-12H,7,10H2,1-6H3;8-9H,4-7H2,1-3H3;10H,3-8H2,1-2H3;3-4H2,1-2H3/b13-8-,14-9-,15-11+,18-16-;;;. The van der Waals surface area contributed by atoms with E-state index < -0.39 is 0 Å². The van der Waals surface area contributed by atoms with Crippen molar-refractivity contribution in [2.24, 2.45) is 10.9 Å². The van der Waals surface area contributed by atoms with Crippen molar-refractivity contribution in [1.82, 2.24) is 10.3 Å². The van der Waals surface area contributed by atoms with Gasteiger partial charge in [-0.2, -0.15) is 0 Å². The highest BCUT2D eigenvalue weighted by Crippen LogP contribution is 2.23. The number of halogens is 1. The smallest absolute Gasteiger partial charge is 0.145 e. The van der Waals surface area contributed by atoms with Crippen molar-refractivity contribution in [2.45, 2.75) is 166 Å². The summed E-state index contributed by atoms with van der Waals surface area (Å²) in [6.45, 7) is 29.4. The minimum absolute atomic E-state index is 0.131. The number of ether oxygens (including phenoxy) is 1.